The number of piperazine rings is 1. The van der Waals surface area contributed by atoms with Gasteiger partial charge in [0, 0.05) is 57.6 Å². The van der Waals surface area contributed by atoms with Crippen LogP contribution in [0.3, 0.4) is 0 Å². The SMILES string of the molecule is CN(C)Cc1ccc(CSCCNc2nc(N3CCN(C(=O)N4CCOCC4)CC3)ccc2[N+](=O)[O-])o1. The largest absolute Gasteiger partial charge is 0.464 e. The second-order valence-corrected chi connectivity index (χ2v) is 10.3. The fraction of sp³-hybridized carbons (Fsp3) is 0.583. The van der Waals surface area contributed by atoms with E-state index < -0.39 is 4.92 Å². The van der Waals surface area contributed by atoms with Gasteiger partial charge in [0.2, 0.25) is 5.82 Å². The average Bonchev–Trinajstić information content (AvgIpc) is 3.34. The Morgan fingerprint density at radius 1 is 1.08 bits per heavy atom. The number of thioether (sulfide) groups is 1. The number of anilines is 2. The van der Waals surface area contributed by atoms with Gasteiger partial charge < -0.3 is 34.1 Å². The minimum atomic E-state index is -0.416. The zero-order chi connectivity index (χ0) is 26.2. The first-order chi connectivity index (χ1) is 17.9. The van der Waals surface area contributed by atoms with E-state index in [1.165, 1.54) is 6.07 Å². The summed E-state index contributed by atoms with van der Waals surface area (Å²) in [6, 6.07) is 7.20. The van der Waals surface area contributed by atoms with Crippen molar-refractivity contribution in [2.45, 2.75) is 12.3 Å². The molecule has 2 saturated heterocycles. The van der Waals surface area contributed by atoms with Crippen LogP contribution in [0.4, 0.5) is 22.1 Å². The minimum Gasteiger partial charge on any atom is -0.464 e. The molecule has 2 aromatic heterocycles. The Hall–Kier alpha value is -3.03. The van der Waals surface area contributed by atoms with Crippen molar-refractivity contribution >= 4 is 35.1 Å². The molecule has 0 radical (unpaired) electrons. The molecule has 2 amide bonds. The Labute approximate surface area is 221 Å². The van der Waals surface area contributed by atoms with E-state index in [2.05, 4.69) is 20.1 Å². The highest BCUT2D eigenvalue weighted by atomic mass is 32.2. The summed E-state index contributed by atoms with van der Waals surface area (Å²) in [5.74, 6) is 4.26. The fourth-order valence-corrected chi connectivity index (χ4v) is 5.03. The van der Waals surface area contributed by atoms with E-state index in [-0.39, 0.29) is 17.5 Å². The maximum Gasteiger partial charge on any atom is 0.320 e. The second kappa shape index (κ2) is 13.0. The van der Waals surface area contributed by atoms with E-state index in [9.17, 15) is 14.9 Å². The molecule has 0 spiro atoms. The Bertz CT molecular complexity index is 1050. The zero-order valence-corrected chi connectivity index (χ0v) is 22.2. The summed E-state index contributed by atoms with van der Waals surface area (Å²) in [4.78, 5) is 36.3. The number of amides is 2. The molecule has 0 saturated carbocycles. The molecule has 4 rings (SSSR count). The summed E-state index contributed by atoms with van der Waals surface area (Å²) in [5, 5.41) is 14.7. The van der Waals surface area contributed by atoms with Crippen molar-refractivity contribution in [2.24, 2.45) is 0 Å². The van der Waals surface area contributed by atoms with Crippen LogP contribution >= 0.6 is 11.8 Å². The van der Waals surface area contributed by atoms with Gasteiger partial charge in [0.1, 0.15) is 17.3 Å². The van der Waals surface area contributed by atoms with Crippen LogP contribution < -0.4 is 10.2 Å². The van der Waals surface area contributed by atoms with Crippen LogP contribution in [0.1, 0.15) is 11.5 Å². The third-order valence-electron chi connectivity index (χ3n) is 6.18. The van der Waals surface area contributed by atoms with Gasteiger partial charge in [-0.05, 0) is 32.3 Å². The molecule has 1 N–H and O–H groups in total. The molecule has 0 aliphatic carbocycles. The molecule has 2 fully saturated rings. The number of nitro groups is 1. The normalized spacial score (nSPS) is 16.4. The van der Waals surface area contributed by atoms with Crippen molar-refractivity contribution in [1.82, 2.24) is 19.7 Å². The van der Waals surface area contributed by atoms with Crippen LogP contribution in [0.2, 0.25) is 0 Å². The highest BCUT2D eigenvalue weighted by Crippen LogP contribution is 2.27. The van der Waals surface area contributed by atoms with Gasteiger partial charge in [-0.2, -0.15) is 11.8 Å². The van der Waals surface area contributed by atoms with Crippen LogP contribution in [0, 0.1) is 10.1 Å². The number of nitrogens with one attached hydrogen (secondary N) is 1. The summed E-state index contributed by atoms with van der Waals surface area (Å²) in [6.45, 7) is 6.09. The number of rotatable bonds is 10. The number of nitrogens with zero attached hydrogens (tertiary/aromatic N) is 6. The van der Waals surface area contributed by atoms with Crippen LogP contribution in [0.5, 0.6) is 0 Å². The number of hydrogen-bond acceptors (Lipinski definition) is 10. The first-order valence-electron chi connectivity index (χ1n) is 12.5. The lowest BCUT2D eigenvalue weighted by Gasteiger charge is -2.39. The molecule has 0 bridgehead atoms. The van der Waals surface area contributed by atoms with Gasteiger partial charge in [-0.1, -0.05) is 0 Å². The van der Waals surface area contributed by atoms with E-state index in [4.69, 9.17) is 9.15 Å². The minimum absolute atomic E-state index is 0.0444. The van der Waals surface area contributed by atoms with Crippen molar-refractivity contribution in [3.8, 4) is 0 Å². The zero-order valence-electron chi connectivity index (χ0n) is 21.4. The number of ether oxygens (including phenoxy) is 1. The van der Waals surface area contributed by atoms with Crippen molar-refractivity contribution in [3.63, 3.8) is 0 Å². The molecular weight excluding hydrogens is 498 g/mol. The summed E-state index contributed by atoms with van der Waals surface area (Å²) in [5.41, 5.74) is -0.0470. The smallest absolute Gasteiger partial charge is 0.320 e. The summed E-state index contributed by atoms with van der Waals surface area (Å²) in [7, 11) is 4.00. The number of carbonyl (C=O) groups is 1. The predicted octanol–water partition coefficient (Wildman–Crippen LogP) is 2.56. The summed E-state index contributed by atoms with van der Waals surface area (Å²) < 4.78 is 11.2. The Morgan fingerprint density at radius 3 is 2.49 bits per heavy atom. The molecule has 12 nitrogen and oxygen atoms in total. The lowest BCUT2D eigenvalue weighted by atomic mass is 10.3. The number of furan rings is 1. The molecule has 0 aromatic carbocycles. The molecular formula is C24H35N7O5S. The van der Waals surface area contributed by atoms with E-state index in [0.717, 1.165) is 29.6 Å². The third kappa shape index (κ3) is 7.49. The fourth-order valence-electron chi connectivity index (χ4n) is 4.29. The van der Waals surface area contributed by atoms with E-state index in [1.807, 2.05) is 36.0 Å². The van der Waals surface area contributed by atoms with E-state index in [0.29, 0.717) is 64.8 Å². The molecule has 37 heavy (non-hydrogen) atoms. The molecule has 0 atom stereocenters. The number of carbonyl (C=O) groups excluding carboxylic acids is 1. The van der Waals surface area contributed by atoms with Crippen LogP contribution in [-0.4, -0.2) is 110 Å². The van der Waals surface area contributed by atoms with Crippen molar-refractivity contribution in [3.05, 3.63) is 45.9 Å². The van der Waals surface area contributed by atoms with E-state index in [1.54, 1.807) is 17.8 Å². The summed E-state index contributed by atoms with van der Waals surface area (Å²) in [6.07, 6.45) is 0. The third-order valence-corrected chi connectivity index (χ3v) is 7.17. The van der Waals surface area contributed by atoms with Gasteiger partial charge in [-0.15, -0.1) is 0 Å². The second-order valence-electron chi connectivity index (χ2n) is 9.24. The Balaban J connectivity index is 1.27. The Kier molecular flexibility index (Phi) is 9.47. The Morgan fingerprint density at radius 2 is 1.78 bits per heavy atom. The molecule has 2 aromatic rings. The average molecular weight is 534 g/mol. The number of hydrogen-bond donors (Lipinski definition) is 1. The molecule has 202 valence electrons. The molecule has 4 heterocycles. The first-order valence-corrected chi connectivity index (χ1v) is 13.6. The van der Waals surface area contributed by atoms with Crippen LogP contribution in [0.15, 0.2) is 28.7 Å². The number of morpholine rings is 1. The van der Waals surface area contributed by atoms with Crippen molar-refractivity contribution in [2.75, 3.05) is 89.1 Å². The lowest BCUT2D eigenvalue weighted by molar-refractivity contribution is -0.384. The topological polar surface area (TPSA) is 120 Å². The lowest BCUT2D eigenvalue weighted by Crippen LogP contribution is -2.55. The van der Waals surface area contributed by atoms with Gasteiger partial charge in [-0.3, -0.25) is 10.1 Å². The van der Waals surface area contributed by atoms with Gasteiger partial charge >= 0.3 is 11.7 Å². The van der Waals surface area contributed by atoms with Gasteiger partial charge in [0.25, 0.3) is 0 Å². The number of aromatic nitrogens is 1. The highest BCUT2D eigenvalue weighted by molar-refractivity contribution is 7.98. The van der Waals surface area contributed by atoms with Crippen LogP contribution in [0.25, 0.3) is 0 Å². The predicted molar refractivity (Wildman–Crippen MR) is 143 cm³/mol. The number of pyridine rings is 1. The molecule has 2 aliphatic heterocycles. The quantitative estimate of drug-likeness (QED) is 0.277. The maximum absolute atomic E-state index is 12.7. The maximum atomic E-state index is 12.7. The summed E-state index contributed by atoms with van der Waals surface area (Å²) >= 11 is 1.69. The standard InChI is InChI=1S/C24H35N7O5S/c1-27(2)17-19-3-4-20(36-19)18-37-16-7-25-23-21(31(33)34)5-6-22(26-23)28-8-10-29(11-9-28)24(32)30-12-14-35-15-13-30/h3-6H,7-18H2,1-2H3,(H,25,26). The van der Waals surface area contributed by atoms with Gasteiger partial charge in [0.15, 0.2) is 0 Å². The van der Waals surface area contributed by atoms with Crippen molar-refractivity contribution < 1.29 is 18.9 Å². The molecule has 2 aliphatic rings. The molecule has 0 unspecified atom stereocenters. The molecule has 13 heteroatoms. The number of urea groups is 1. The van der Waals surface area contributed by atoms with Gasteiger partial charge in [0.05, 0.1) is 30.4 Å². The van der Waals surface area contributed by atoms with Crippen molar-refractivity contribution in [1.29, 1.82) is 0 Å². The first kappa shape index (κ1) is 27.0. The van der Waals surface area contributed by atoms with Gasteiger partial charge in [-0.25, -0.2) is 9.78 Å². The highest BCUT2D eigenvalue weighted by Gasteiger charge is 2.27. The van der Waals surface area contributed by atoms with E-state index >= 15 is 0 Å². The monoisotopic (exact) mass is 533 g/mol. The van der Waals surface area contributed by atoms with Crippen LogP contribution in [-0.2, 0) is 17.0 Å².